The van der Waals surface area contributed by atoms with Crippen molar-refractivity contribution in [3.8, 4) is 0 Å². The summed E-state index contributed by atoms with van der Waals surface area (Å²) in [5.74, 6) is 0. The molecular formula is C22H30CrO9Si. The molecule has 33 heavy (non-hydrogen) atoms. The van der Waals surface area contributed by atoms with E-state index in [1.54, 1.807) is 21.3 Å². The molecule has 2 fully saturated rings. The van der Waals surface area contributed by atoms with Crippen molar-refractivity contribution in [2.45, 2.75) is 56.6 Å². The van der Waals surface area contributed by atoms with Gasteiger partial charge in [0.2, 0.25) is 0 Å². The number of ether oxygens (including phenoxy) is 6. The van der Waals surface area contributed by atoms with Crippen LogP contribution in [0.5, 0.6) is 0 Å². The second-order valence-corrected chi connectivity index (χ2v) is 12.8. The summed E-state index contributed by atoms with van der Waals surface area (Å²) in [6.45, 7) is 20.9. The molecule has 0 bridgehead atoms. The van der Waals surface area contributed by atoms with E-state index in [9.17, 15) is 0 Å². The van der Waals surface area contributed by atoms with Crippen molar-refractivity contribution in [2.24, 2.45) is 0 Å². The Balaban J connectivity index is 0. The Hall–Kier alpha value is -1.05. The van der Waals surface area contributed by atoms with Crippen molar-refractivity contribution < 1.29 is 59.7 Å². The van der Waals surface area contributed by atoms with Gasteiger partial charge in [-0.2, -0.15) is 0 Å². The summed E-state index contributed by atoms with van der Waals surface area (Å²) in [6, 6.07) is 8.39. The number of benzene rings is 1. The normalized spacial score (nSPS) is 27.9. The van der Waals surface area contributed by atoms with Gasteiger partial charge in [-0.25, -0.2) is 0 Å². The summed E-state index contributed by atoms with van der Waals surface area (Å²) in [6.07, 6.45) is -2.15. The van der Waals surface area contributed by atoms with Gasteiger partial charge in [0.1, 0.15) is 24.4 Å². The van der Waals surface area contributed by atoms with E-state index in [0.29, 0.717) is 6.61 Å². The van der Waals surface area contributed by atoms with Crippen LogP contribution in [-0.4, -0.2) is 66.7 Å². The van der Waals surface area contributed by atoms with Gasteiger partial charge < -0.3 is 28.4 Å². The van der Waals surface area contributed by atoms with Gasteiger partial charge in [-0.15, -0.1) is 0 Å². The third-order valence-electron chi connectivity index (χ3n) is 5.08. The average molecular weight is 519 g/mol. The summed E-state index contributed by atoms with van der Waals surface area (Å²) in [4.78, 5) is 0. The first-order valence-corrected chi connectivity index (χ1v) is 13.1. The second kappa shape index (κ2) is 17.4. The van der Waals surface area contributed by atoms with Gasteiger partial charge in [-0.3, -0.25) is 0 Å². The van der Waals surface area contributed by atoms with Crippen LogP contribution in [0, 0.1) is 20.0 Å². The van der Waals surface area contributed by atoms with Crippen molar-refractivity contribution >= 4 is 13.3 Å². The summed E-state index contributed by atoms with van der Waals surface area (Å²) in [7, 11) is 3.35. The molecule has 0 aromatic heterocycles. The molecule has 2 saturated heterocycles. The number of hydrogen-bond acceptors (Lipinski definition) is 6. The zero-order valence-electron chi connectivity index (χ0n) is 19.6. The molecule has 1 aromatic rings. The van der Waals surface area contributed by atoms with E-state index in [-0.39, 0.29) is 41.8 Å². The van der Waals surface area contributed by atoms with Crippen LogP contribution in [0.15, 0.2) is 24.3 Å². The van der Waals surface area contributed by atoms with Crippen molar-refractivity contribution in [3.63, 3.8) is 0 Å². The largest absolute Gasteiger partial charge is 0 e. The molecule has 2 heterocycles. The Morgan fingerprint density at radius 2 is 1.39 bits per heavy atom. The van der Waals surface area contributed by atoms with E-state index in [1.165, 1.54) is 5.19 Å². The second-order valence-electron chi connectivity index (χ2n) is 7.78. The molecule has 2 aliphatic rings. The number of hydrogen-bond donors (Lipinski definition) is 0. The van der Waals surface area contributed by atoms with Crippen LogP contribution >= 0.6 is 0 Å². The average Bonchev–Trinajstić information content (AvgIpc) is 2.85. The molecule has 0 aliphatic carbocycles. The zero-order valence-corrected chi connectivity index (χ0v) is 21.8. The molecule has 2 aliphatic heterocycles. The van der Waals surface area contributed by atoms with Gasteiger partial charge in [0.15, 0.2) is 12.6 Å². The maximum absolute atomic E-state index is 7.50. The SMILES string of the molecule is CO[C@H]1O[C@@H]2CO[C@@H](c3ccccc3[Si](C)(C)C)O[C@H]2[C@H](OC)[C@H]1OC.[C-]#[O+].[C-]#[O+].[C-]#[O+].[Cr]. The topological polar surface area (TPSA) is 115 Å². The fraction of sp³-hybridized carbons (Fsp3) is 0.591. The van der Waals surface area contributed by atoms with Crippen molar-refractivity contribution in [1.29, 1.82) is 0 Å². The number of fused-ring (bicyclic) bond motifs is 1. The van der Waals surface area contributed by atoms with Crippen molar-refractivity contribution in [3.05, 3.63) is 49.8 Å². The maximum Gasteiger partial charge on any atom is 0 e. The van der Waals surface area contributed by atoms with Crippen LogP contribution in [0.1, 0.15) is 11.9 Å². The summed E-state index contributed by atoms with van der Waals surface area (Å²) >= 11 is 0. The van der Waals surface area contributed by atoms with E-state index < -0.39 is 20.7 Å². The van der Waals surface area contributed by atoms with Crippen LogP contribution in [0.4, 0.5) is 0 Å². The van der Waals surface area contributed by atoms with Crippen LogP contribution in [0.3, 0.4) is 0 Å². The predicted molar refractivity (Wildman–Crippen MR) is 112 cm³/mol. The van der Waals surface area contributed by atoms with Crippen molar-refractivity contribution in [2.75, 3.05) is 27.9 Å². The molecule has 11 heteroatoms. The van der Waals surface area contributed by atoms with Crippen LogP contribution in [0.2, 0.25) is 19.6 Å². The fourth-order valence-corrected chi connectivity index (χ4v) is 5.46. The molecule has 9 nitrogen and oxygen atoms in total. The molecule has 0 N–H and O–H groups in total. The Bertz CT molecular complexity index is 720. The molecule has 1 aromatic carbocycles. The molecule has 6 atom stereocenters. The van der Waals surface area contributed by atoms with E-state index in [4.69, 9.17) is 42.4 Å². The Morgan fingerprint density at radius 1 is 0.848 bits per heavy atom. The van der Waals surface area contributed by atoms with Crippen LogP contribution in [0.25, 0.3) is 0 Å². The molecular weight excluding hydrogens is 488 g/mol. The molecule has 0 saturated carbocycles. The van der Waals surface area contributed by atoms with E-state index >= 15 is 0 Å². The van der Waals surface area contributed by atoms with Gasteiger partial charge in [0.05, 0.1) is 14.7 Å². The third-order valence-corrected chi connectivity index (χ3v) is 7.15. The van der Waals surface area contributed by atoms with Gasteiger partial charge in [0, 0.05) is 44.3 Å². The predicted octanol–water partition coefficient (Wildman–Crippen LogP) is 1.93. The molecule has 0 unspecified atom stereocenters. The zero-order chi connectivity index (χ0) is 24.9. The molecule has 3 rings (SSSR count). The maximum atomic E-state index is 7.50. The van der Waals surface area contributed by atoms with Crippen LogP contribution in [-0.2, 0) is 59.7 Å². The Morgan fingerprint density at radius 3 is 1.88 bits per heavy atom. The molecule has 0 radical (unpaired) electrons. The van der Waals surface area contributed by atoms with Crippen molar-refractivity contribution in [1.82, 2.24) is 0 Å². The number of rotatable bonds is 5. The first kappa shape index (κ1) is 34.1. The fourth-order valence-electron chi connectivity index (χ4n) is 3.80. The number of methoxy groups -OCH3 is 3. The smallest absolute Gasteiger partial charge is 0 e. The Kier molecular flexibility index (Phi) is 18.0. The van der Waals surface area contributed by atoms with Gasteiger partial charge in [0.25, 0.3) is 0 Å². The minimum absolute atomic E-state index is 0. The summed E-state index contributed by atoms with van der Waals surface area (Å²) in [5, 5.41) is 1.34. The first-order chi connectivity index (χ1) is 15.4. The minimum Gasteiger partial charge on any atom is 0 e. The van der Waals surface area contributed by atoms with Crippen LogP contribution < -0.4 is 5.19 Å². The van der Waals surface area contributed by atoms with E-state index in [1.807, 2.05) is 6.07 Å². The standard InChI is InChI=1S/C19H30O6Si.3CO.Cr/c1-20-16-15-13(24-19(22-3)17(16)21-2)11-23-18(25-15)12-9-7-8-10-14(12)26(4,5)6;3*1-2;/h7-10,13,15-19H,11H2,1-6H3;;;;/t13-,15-,16+,17-,18-,19+;;;;/m1..../s1. The Labute approximate surface area is 207 Å². The third kappa shape index (κ3) is 8.59. The molecule has 182 valence electrons. The van der Waals surface area contributed by atoms with E-state index in [2.05, 4.69) is 57.8 Å². The quantitative estimate of drug-likeness (QED) is 0.334. The van der Waals surface area contributed by atoms with Gasteiger partial charge in [-0.1, -0.05) is 49.1 Å². The minimum atomic E-state index is -1.54. The molecule has 0 amide bonds. The molecule has 0 spiro atoms. The van der Waals surface area contributed by atoms with Gasteiger partial charge in [-0.05, 0) is 0 Å². The first-order valence-electron chi connectivity index (χ1n) is 9.62. The summed E-state index contributed by atoms with van der Waals surface area (Å²) in [5.41, 5.74) is 1.10. The van der Waals surface area contributed by atoms with Gasteiger partial charge >= 0.3 is 33.9 Å². The summed E-state index contributed by atoms with van der Waals surface area (Å²) < 4.78 is 57.6. The van der Waals surface area contributed by atoms with E-state index in [0.717, 1.165) is 5.56 Å². The monoisotopic (exact) mass is 518 g/mol.